The fourth-order valence-electron chi connectivity index (χ4n) is 5.96. The minimum atomic E-state index is -0.508. The zero-order valence-electron chi connectivity index (χ0n) is 23.4. The normalized spacial score (nSPS) is 18.6. The van der Waals surface area contributed by atoms with E-state index >= 15 is 0 Å². The lowest BCUT2D eigenvalue weighted by molar-refractivity contribution is -0.122. The van der Waals surface area contributed by atoms with E-state index in [0.29, 0.717) is 13.1 Å². The zero-order valence-corrected chi connectivity index (χ0v) is 23.4. The molecule has 2 N–H and O–H groups in total. The Morgan fingerprint density at radius 2 is 1.85 bits per heavy atom. The number of carbonyl (C=O) groups is 1. The van der Waals surface area contributed by atoms with Crippen molar-refractivity contribution in [2.45, 2.75) is 50.8 Å². The van der Waals surface area contributed by atoms with E-state index < -0.39 is 5.54 Å². The summed E-state index contributed by atoms with van der Waals surface area (Å²) < 4.78 is 7.70. The zero-order chi connectivity index (χ0) is 28.0. The van der Waals surface area contributed by atoms with Crippen LogP contribution in [0.5, 0.6) is 0 Å². The van der Waals surface area contributed by atoms with Gasteiger partial charge in [-0.05, 0) is 62.2 Å². The van der Waals surface area contributed by atoms with Crippen molar-refractivity contribution < 1.29 is 14.6 Å². The predicted molar refractivity (Wildman–Crippen MR) is 156 cm³/mol. The molecule has 212 valence electrons. The van der Waals surface area contributed by atoms with Gasteiger partial charge >= 0.3 is 0 Å². The van der Waals surface area contributed by atoms with E-state index in [4.69, 9.17) is 9.84 Å². The summed E-state index contributed by atoms with van der Waals surface area (Å²) in [7, 11) is 1.74. The van der Waals surface area contributed by atoms with E-state index in [2.05, 4.69) is 63.9 Å². The highest BCUT2D eigenvalue weighted by Crippen LogP contribution is 2.40. The maximum Gasteiger partial charge on any atom is 0.254 e. The second-order valence-corrected chi connectivity index (χ2v) is 10.7. The first kappa shape index (κ1) is 28.0. The molecule has 0 radical (unpaired) electrons. The van der Waals surface area contributed by atoms with Gasteiger partial charge in [-0.25, -0.2) is 0 Å². The summed E-state index contributed by atoms with van der Waals surface area (Å²) in [4.78, 5) is 18.2. The van der Waals surface area contributed by atoms with Crippen molar-refractivity contribution >= 4 is 17.3 Å². The minimum absolute atomic E-state index is 0.0778. The lowest BCUT2D eigenvalue weighted by Crippen LogP contribution is -2.55. The second kappa shape index (κ2) is 12.8. The average Bonchev–Trinajstić information content (AvgIpc) is 3.55. The third kappa shape index (κ3) is 5.82. The number of rotatable bonds is 11. The summed E-state index contributed by atoms with van der Waals surface area (Å²) in [6.07, 6.45) is 9.05. The number of aromatic nitrogens is 3. The molecule has 0 saturated carbocycles. The molecule has 9 nitrogen and oxygen atoms in total. The summed E-state index contributed by atoms with van der Waals surface area (Å²) in [6.45, 7) is 5.18. The van der Waals surface area contributed by atoms with Crippen LogP contribution >= 0.6 is 0 Å². The van der Waals surface area contributed by atoms with Crippen LogP contribution in [0.3, 0.4) is 0 Å². The van der Waals surface area contributed by atoms with Crippen molar-refractivity contribution in [3.63, 3.8) is 0 Å². The highest BCUT2D eigenvalue weighted by atomic mass is 16.5. The first-order chi connectivity index (χ1) is 19.6. The number of nitrogens with zero attached hydrogens (tertiary/aromatic N) is 5. The number of benzene rings is 2. The number of para-hydroxylation sites is 1. The summed E-state index contributed by atoms with van der Waals surface area (Å²) >= 11 is 0. The lowest BCUT2D eigenvalue weighted by Gasteiger charge is -2.39. The van der Waals surface area contributed by atoms with Gasteiger partial charge in [0.1, 0.15) is 5.54 Å². The Morgan fingerprint density at radius 1 is 1.10 bits per heavy atom. The topological polar surface area (TPSA) is 95.8 Å². The molecule has 2 saturated heterocycles. The van der Waals surface area contributed by atoms with Crippen LogP contribution in [0.15, 0.2) is 72.9 Å². The summed E-state index contributed by atoms with van der Waals surface area (Å²) in [5, 5.41) is 20.6. The van der Waals surface area contributed by atoms with E-state index in [-0.39, 0.29) is 24.5 Å². The summed E-state index contributed by atoms with van der Waals surface area (Å²) in [5.74, 6) is 0.345. The highest BCUT2D eigenvalue weighted by Gasteiger charge is 2.53. The fraction of sp³-hybridized carbons (Fsp3) is 0.452. The molecule has 2 fully saturated rings. The van der Waals surface area contributed by atoms with Gasteiger partial charge in [0.05, 0.1) is 18.5 Å². The van der Waals surface area contributed by atoms with Crippen LogP contribution in [0.4, 0.5) is 11.4 Å². The van der Waals surface area contributed by atoms with E-state index in [9.17, 15) is 4.79 Å². The molecule has 2 aromatic carbocycles. The van der Waals surface area contributed by atoms with Crippen LogP contribution in [0.2, 0.25) is 0 Å². The number of nitrogens with one attached hydrogen (secondary N) is 1. The smallest absolute Gasteiger partial charge is 0.254 e. The predicted octanol–water partition coefficient (Wildman–Crippen LogP) is 3.72. The highest BCUT2D eigenvalue weighted by molar-refractivity contribution is 6.06. The number of hydrogen-bond donors (Lipinski definition) is 2. The first-order valence-electron chi connectivity index (χ1n) is 14.2. The van der Waals surface area contributed by atoms with Gasteiger partial charge in [-0.2, -0.15) is 0 Å². The van der Waals surface area contributed by atoms with E-state index in [1.54, 1.807) is 11.8 Å². The summed E-state index contributed by atoms with van der Waals surface area (Å²) in [6, 6.07) is 18.6. The van der Waals surface area contributed by atoms with E-state index in [0.717, 1.165) is 61.5 Å². The molecule has 2 atom stereocenters. The molecule has 5 rings (SSSR count). The molecule has 3 aromatic rings. The van der Waals surface area contributed by atoms with Gasteiger partial charge in [0.15, 0.2) is 0 Å². The molecule has 0 bridgehead atoms. The van der Waals surface area contributed by atoms with Gasteiger partial charge < -0.3 is 20.1 Å². The van der Waals surface area contributed by atoms with Crippen molar-refractivity contribution in [2.75, 3.05) is 43.3 Å². The van der Waals surface area contributed by atoms with Crippen molar-refractivity contribution in [2.24, 2.45) is 5.92 Å². The number of carbonyl (C=O) groups excluding carboxylic acids is 1. The molecule has 0 unspecified atom stereocenters. The van der Waals surface area contributed by atoms with Crippen molar-refractivity contribution in [1.82, 2.24) is 20.3 Å². The quantitative estimate of drug-likeness (QED) is 0.355. The Kier molecular flexibility index (Phi) is 8.94. The van der Waals surface area contributed by atoms with Crippen LogP contribution < -0.4 is 15.1 Å². The number of amides is 1. The molecular weight excluding hydrogens is 504 g/mol. The van der Waals surface area contributed by atoms with Crippen LogP contribution in [0.1, 0.15) is 43.5 Å². The second-order valence-electron chi connectivity index (χ2n) is 10.7. The Bertz CT molecular complexity index is 1270. The Labute approximate surface area is 236 Å². The first-order valence-corrected chi connectivity index (χ1v) is 14.2. The minimum Gasteiger partial charge on any atom is -0.396 e. The van der Waals surface area contributed by atoms with Crippen molar-refractivity contribution in [3.05, 3.63) is 84.2 Å². The van der Waals surface area contributed by atoms with Crippen LogP contribution in [-0.2, 0) is 22.5 Å². The van der Waals surface area contributed by atoms with Gasteiger partial charge in [0.2, 0.25) is 0 Å². The molecule has 1 aromatic heterocycles. The molecule has 40 heavy (non-hydrogen) atoms. The van der Waals surface area contributed by atoms with Crippen molar-refractivity contribution in [1.29, 1.82) is 0 Å². The Balaban J connectivity index is 1.25. The third-order valence-electron chi connectivity index (χ3n) is 8.12. The Morgan fingerprint density at radius 3 is 2.55 bits per heavy atom. The SMILES string of the molecule is CO[C@H](c1ccc(N2CN(c3ccccc3)C3(CCNCC3)C2=O)cc1)[C@H](C)/C=C/CCn1cc(CCO)nn1. The number of aryl methyl sites for hydroxylation is 1. The molecular formula is C31H40N6O3. The standard InChI is InChI=1S/C31H40N6O3/c1-24(8-6-7-20-35-22-26(15-21-38)33-34-35)29(40-2)25-11-13-27(14-12-25)36-23-37(28-9-4-3-5-10-28)31(30(36)39)16-18-32-19-17-31/h3-6,8-14,22,24,29,32,38H,7,15-21,23H2,1-2H3/b8-6+/t24-,29+/m1/s1. The molecule has 1 amide bonds. The Hall–Kier alpha value is -3.53. The van der Waals surface area contributed by atoms with E-state index in [1.807, 2.05) is 41.4 Å². The maximum atomic E-state index is 13.9. The number of aliphatic hydroxyl groups excluding tert-OH is 1. The van der Waals surface area contributed by atoms with Crippen molar-refractivity contribution in [3.8, 4) is 0 Å². The van der Waals surface area contributed by atoms with E-state index in [1.165, 1.54) is 0 Å². The molecule has 2 aliphatic rings. The monoisotopic (exact) mass is 544 g/mol. The number of aliphatic hydroxyl groups is 1. The maximum absolute atomic E-state index is 13.9. The van der Waals surface area contributed by atoms with Gasteiger partial charge in [0, 0.05) is 50.2 Å². The number of ether oxygens (including phenoxy) is 1. The number of anilines is 2. The summed E-state index contributed by atoms with van der Waals surface area (Å²) in [5.41, 5.74) is 3.38. The molecule has 2 aliphatic heterocycles. The number of methoxy groups -OCH3 is 1. The number of piperidine rings is 1. The van der Waals surface area contributed by atoms with Crippen LogP contribution in [0.25, 0.3) is 0 Å². The number of allylic oxidation sites excluding steroid dienone is 1. The van der Waals surface area contributed by atoms with Crippen LogP contribution in [0, 0.1) is 5.92 Å². The van der Waals surface area contributed by atoms with Gasteiger partial charge in [-0.15, -0.1) is 5.10 Å². The fourth-order valence-corrected chi connectivity index (χ4v) is 5.96. The van der Waals surface area contributed by atoms with Crippen LogP contribution in [-0.4, -0.2) is 65.0 Å². The molecule has 3 heterocycles. The molecule has 0 aliphatic carbocycles. The van der Waals surface area contributed by atoms with Gasteiger partial charge in [-0.1, -0.05) is 54.6 Å². The average molecular weight is 545 g/mol. The molecule has 1 spiro atoms. The number of hydrogen-bond acceptors (Lipinski definition) is 7. The third-order valence-corrected chi connectivity index (χ3v) is 8.12. The molecule has 9 heteroatoms. The van der Waals surface area contributed by atoms with Gasteiger partial charge in [0.25, 0.3) is 5.91 Å². The lowest BCUT2D eigenvalue weighted by atomic mass is 9.86. The largest absolute Gasteiger partial charge is 0.396 e. The van der Waals surface area contributed by atoms with Gasteiger partial charge in [-0.3, -0.25) is 14.4 Å².